The van der Waals surface area contributed by atoms with Crippen molar-refractivity contribution in [3.05, 3.63) is 0 Å². The van der Waals surface area contributed by atoms with Gasteiger partial charge >= 0.3 is 0 Å². The Kier molecular flexibility index (Phi) is 6.09. The van der Waals surface area contributed by atoms with Crippen molar-refractivity contribution >= 4 is 5.91 Å². The summed E-state index contributed by atoms with van der Waals surface area (Å²) in [4.78, 5) is 12.5. The lowest BCUT2D eigenvalue weighted by molar-refractivity contribution is -0.132. The van der Waals surface area contributed by atoms with Crippen molar-refractivity contribution in [2.75, 3.05) is 20.3 Å². The highest BCUT2D eigenvalue weighted by Gasteiger charge is 2.41. The molecule has 0 aromatic carbocycles. The summed E-state index contributed by atoms with van der Waals surface area (Å²) >= 11 is 0. The second-order valence-electron chi connectivity index (χ2n) is 5.95. The van der Waals surface area contributed by atoms with E-state index in [2.05, 4.69) is 19.2 Å². The van der Waals surface area contributed by atoms with Crippen LogP contribution in [-0.4, -0.2) is 32.2 Å². The van der Waals surface area contributed by atoms with Crippen molar-refractivity contribution in [3.63, 3.8) is 0 Å². The van der Waals surface area contributed by atoms with E-state index in [0.717, 1.165) is 32.1 Å². The van der Waals surface area contributed by atoms with Crippen LogP contribution in [0, 0.1) is 11.3 Å². The van der Waals surface area contributed by atoms with Crippen LogP contribution in [0.25, 0.3) is 0 Å². The fourth-order valence-electron chi connectivity index (χ4n) is 3.07. The molecule has 0 bridgehead atoms. The van der Waals surface area contributed by atoms with Crippen molar-refractivity contribution < 1.29 is 9.53 Å². The van der Waals surface area contributed by atoms with Crippen molar-refractivity contribution in [2.24, 2.45) is 17.1 Å². The number of nitrogens with one attached hydrogen (secondary N) is 1. The molecule has 0 aromatic heterocycles. The summed E-state index contributed by atoms with van der Waals surface area (Å²) < 4.78 is 5.08. The predicted octanol–water partition coefficient (Wildman–Crippen LogP) is 1.68. The van der Waals surface area contributed by atoms with E-state index in [-0.39, 0.29) is 17.4 Å². The third kappa shape index (κ3) is 3.95. The van der Waals surface area contributed by atoms with Crippen LogP contribution in [0.1, 0.15) is 46.0 Å². The first-order valence-electron chi connectivity index (χ1n) is 7.04. The first kappa shape index (κ1) is 15.4. The van der Waals surface area contributed by atoms with Crippen molar-refractivity contribution in [3.8, 4) is 0 Å². The van der Waals surface area contributed by atoms with E-state index in [4.69, 9.17) is 10.5 Å². The third-order valence-electron chi connectivity index (χ3n) is 3.83. The van der Waals surface area contributed by atoms with Crippen LogP contribution in [0.15, 0.2) is 0 Å². The van der Waals surface area contributed by atoms with E-state index >= 15 is 0 Å². The molecule has 1 amide bonds. The molecule has 0 radical (unpaired) electrons. The van der Waals surface area contributed by atoms with Gasteiger partial charge in [0.2, 0.25) is 5.91 Å². The van der Waals surface area contributed by atoms with Crippen molar-refractivity contribution in [1.29, 1.82) is 0 Å². The maximum absolute atomic E-state index is 12.5. The maximum atomic E-state index is 12.5. The molecule has 0 heterocycles. The summed E-state index contributed by atoms with van der Waals surface area (Å²) in [5.41, 5.74) is 5.50. The Morgan fingerprint density at radius 3 is 2.44 bits per heavy atom. The van der Waals surface area contributed by atoms with E-state index < -0.39 is 0 Å². The molecular formula is C14H28N2O2. The summed E-state index contributed by atoms with van der Waals surface area (Å²) in [5.74, 6) is 0.730. The summed E-state index contributed by atoms with van der Waals surface area (Å²) in [6, 6.07) is -0.0628. The normalized spacial score (nSPS) is 20.1. The largest absolute Gasteiger partial charge is 0.383 e. The molecule has 4 heteroatoms. The van der Waals surface area contributed by atoms with Crippen molar-refractivity contribution in [2.45, 2.75) is 52.0 Å². The highest BCUT2D eigenvalue weighted by atomic mass is 16.5. The Morgan fingerprint density at radius 2 is 2.00 bits per heavy atom. The minimum absolute atomic E-state index is 0.0628. The first-order valence-corrected chi connectivity index (χ1v) is 7.04. The van der Waals surface area contributed by atoms with Crippen molar-refractivity contribution in [1.82, 2.24) is 5.32 Å². The molecule has 1 atom stereocenters. The Morgan fingerprint density at radius 1 is 1.39 bits per heavy atom. The van der Waals surface area contributed by atoms with E-state index in [0.29, 0.717) is 19.1 Å². The van der Waals surface area contributed by atoms with Crippen LogP contribution in [0.2, 0.25) is 0 Å². The van der Waals surface area contributed by atoms with Crippen LogP contribution >= 0.6 is 0 Å². The lowest BCUT2D eigenvalue weighted by Gasteiger charge is -2.31. The maximum Gasteiger partial charge on any atom is 0.226 e. The lowest BCUT2D eigenvalue weighted by Crippen LogP contribution is -2.49. The molecule has 0 aromatic rings. The number of amides is 1. The lowest BCUT2D eigenvalue weighted by atomic mass is 9.77. The number of nitrogens with two attached hydrogens (primary N) is 1. The zero-order valence-electron chi connectivity index (χ0n) is 12.0. The van der Waals surface area contributed by atoms with Gasteiger partial charge in [0.15, 0.2) is 0 Å². The van der Waals surface area contributed by atoms with Gasteiger partial charge in [0.25, 0.3) is 0 Å². The van der Waals surface area contributed by atoms with Gasteiger partial charge in [0, 0.05) is 19.1 Å². The molecule has 3 N–H and O–H groups in total. The van der Waals surface area contributed by atoms with E-state index in [1.165, 1.54) is 0 Å². The van der Waals surface area contributed by atoms with Gasteiger partial charge < -0.3 is 15.8 Å². The van der Waals surface area contributed by atoms with Gasteiger partial charge in [-0.1, -0.05) is 26.7 Å². The fourth-order valence-corrected chi connectivity index (χ4v) is 3.07. The second kappa shape index (κ2) is 7.10. The Labute approximate surface area is 111 Å². The molecule has 1 aliphatic rings. The molecule has 0 saturated heterocycles. The first-order chi connectivity index (χ1) is 8.54. The van der Waals surface area contributed by atoms with Gasteiger partial charge in [-0.3, -0.25) is 4.79 Å². The zero-order valence-corrected chi connectivity index (χ0v) is 12.0. The van der Waals surface area contributed by atoms with E-state index in [1.807, 2.05) is 0 Å². The highest BCUT2D eigenvalue weighted by Crippen LogP contribution is 2.43. The molecule has 106 valence electrons. The molecular weight excluding hydrogens is 228 g/mol. The number of rotatable bonds is 7. The third-order valence-corrected chi connectivity index (χ3v) is 3.83. The van der Waals surface area contributed by atoms with Gasteiger partial charge in [-0.15, -0.1) is 0 Å². The Hall–Kier alpha value is -0.610. The molecule has 1 rings (SSSR count). The van der Waals surface area contributed by atoms with Crippen LogP contribution in [0.4, 0.5) is 0 Å². The average Bonchev–Trinajstić information content (AvgIpc) is 2.77. The Balaban J connectivity index is 2.65. The predicted molar refractivity (Wildman–Crippen MR) is 73.2 cm³/mol. The number of carbonyl (C=O) groups is 1. The van der Waals surface area contributed by atoms with Crippen LogP contribution in [-0.2, 0) is 9.53 Å². The number of hydrogen-bond acceptors (Lipinski definition) is 3. The minimum Gasteiger partial charge on any atom is -0.383 e. The van der Waals surface area contributed by atoms with Crippen LogP contribution < -0.4 is 11.1 Å². The second-order valence-corrected chi connectivity index (χ2v) is 5.95. The van der Waals surface area contributed by atoms with Crippen LogP contribution in [0.5, 0.6) is 0 Å². The topological polar surface area (TPSA) is 64.3 Å². The van der Waals surface area contributed by atoms with E-state index in [9.17, 15) is 4.79 Å². The fraction of sp³-hybridized carbons (Fsp3) is 0.929. The molecule has 4 nitrogen and oxygen atoms in total. The summed E-state index contributed by atoms with van der Waals surface area (Å²) in [6.07, 6.45) is 5.33. The smallest absolute Gasteiger partial charge is 0.226 e. The highest BCUT2D eigenvalue weighted by molar-refractivity contribution is 5.83. The molecule has 1 aliphatic carbocycles. The van der Waals surface area contributed by atoms with Gasteiger partial charge in [0.1, 0.15) is 0 Å². The van der Waals surface area contributed by atoms with E-state index in [1.54, 1.807) is 7.11 Å². The van der Waals surface area contributed by atoms with Gasteiger partial charge in [-0.25, -0.2) is 0 Å². The summed E-state index contributed by atoms with van der Waals surface area (Å²) in [6.45, 7) is 5.28. The molecule has 1 saturated carbocycles. The number of hydrogen-bond donors (Lipinski definition) is 2. The SMILES string of the molecule is COCC(CN)NC(=O)C1(CC(C)C)CCCC1. The molecule has 0 aliphatic heterocycles. The van der Waals surface area contributed by atoms with Gasteiger partial charge in [0.05, 0.1) is 12.6 Å². The molecule has 1 unspecified atom stereocenters. The average molecular weight is 256 g/mol. The van der Waals surface area contributed by atoms with Crippen LogP contribution in [0.3, 0.4) is 0 Å². The summed E-state index contributed by atoms with van der Waals surface area (Å²) in [5, 5.41) is 3.07. The quantitative estimate of drug-likeness (QED) is 0.728. The summed E-state index contributed by atoms with van der Waals surface area (Å²) in [7, 11) is 1.63. The molecule has 1 fully saturated rings. The molecule has 18 heavy (non-hydrogen) atoms. The number of ether oxygens (including phenoxy) is 1. The zero-order chi connectivity index (χ0) is 13.6. The van der Waals surface area contributed by atoms with Gasteiger partial charge in [-0.05, 0) is 25.2 Å². The Bertz CT molecular complexity index is 261. The standard InChI is InChI=1S/C14H28N2O2/c1-11(2)8-14(6-4-5-7-14)13(17)16-12(9-15)10-18-3/h11-12H,4-10,15H2,1-3H3,(H,16,17). The molecule has 0 spiro atoms. The number of carbonyl (C=O) groups excluding carboxylic acids is 1. The number of methoxy groups -OCH3 is 1. The minimum atomic E-state index is -0.157. The van der Waals surface area contributed by atoms with Gasteiger partial charge in [-0.2, -0.15) is 0 Å². The monoisotopic (exact) mass is 256 g/mol.